The molecule has 1 amide bonds. The molecule has 0 bridgehead atoms. The number of pyridine rings is 3. The van der Waals surface area contributed by atoms with Gasteiger partial charge in [-0.15, -0.1) is 0 Å². The highest BCUT2D eigenvalue weighted by Gasteiger charge is 2.17. The van der Waals surface area contributed by atoms with E-state index >= 15 is 0 Å². The van der Waals surface area contributed by atoms with E-state index in [0.717, 1.165) is 38.8 Å². The number of ether oxygens (including phenoxy) is 1. The van der Waals surface area contributed by atoms with Gasteiger partial charge in [-0.05, 0) is 47.5 Å². The molecule has 5 heterocycles. The SMILES string of the molecule is COc1cc(F)cc(-c2cncc3[nH]c(-c4n[nH]c5ccc(-c6cncc(NC(=O)Cc7ccccc7)c6)nc45)cc23)c1. The van der Waals surface area contributed by atoms with E-state index in [1.165, 1.54) is 19.2 Å². The third-order valence-electron chi connectivity index (χ3n) is 7.15. The highest BCUT2D eigenvalue weighted by atomic mass is 19.1. The first-order valence-electron chi connectivity index (χ1n) is 13.5. The number of hydrogen-bond donors (Lipinski definition) is 3. The van der Waals surface area contributed by atoms with Crippen LogP contribution in [-0.4, -0.2) is 43.2 Å². The minimum absolute atomic E-state index is 0.130. The third-order valence-corrected chi connectivity index (χ3v) is 7.15. The fourth-order valence-corrected chi connectivity index (χ4v) is 5.13. The molecule has 3 N–H and O–H groups in total. The first kappa shape index (κ1) is 26.0. The number of nitrogens with one attached hydrogen (secondary N) is 3. The summed E-state index contributed by atoms with van der Waals surface area (Å²) in [7, 11) is 1.50. The molecule has 0 atom stereocenters. The molecule has 43 heavy (non-hydrogen) atoms. The Bertz CT molecular complexity index is 2120. The van der Waals surface area contributed by atoms with Crippen molar-refractivity contribution >= 4 is 33.5 Å². The van der Waals surface area contributed by atoms with E-state index < -0.39 is 5.82 Å². The summed E-state index contributed by atoms with van der Waals surface area (Å²) in [6.07, 6.45) is 7.00. The molecule has 5 aromatic heterocycles. The van der Waals surface area contributed by atoms with Crippen molar-refractivity contribution in [1.29, 1.82) is 0 Å². The van der Waals surface area contributed by atoms with Crippen molar-refractivity contribution in [2.24, 2.45) is 0 Å². The number of fused-ring (bicyclic) bond motifs is 2. The van der Waals surface area contributed by atoms with Crippen LogP contribution in [0.3, 0.4) is 0 Å². The van der Waals surface area contributed by atoms with Crippen LogP contribution in [0.4, 0.5) is 10.1 Å². The van der Waals surface area contributed by atoms with Gasteiger partial charge in [0.05, 0.1) is 54.0 Å². The number of aromatic nitrogens is 6. The van der Waals surface area contributed by atoms with Crippen molar-refractivity contribution in [1.82, 2.24) is 30.1 Å². The van der Waals surface area contributed by atoms with Crippen LogP contribution >= 0.6 is 0 Å². The van der Waals surface area contributed by atoms with Crippen LogP contribution in [0.5, 0.6) is 5.75 Å². The summed E-state index contributed by atoms with van der Waals surface area (Å²) in [4.78, 5) is 29.6. The minimum atomic E-state index is -0.397. The number of carbonyl (C=O) groups is 1. The molecule has 0 aliphatic rings. The lowest BCUT2D eigenvalue weighted by Gasteiger charge is -2.07. The van der Waals surface area contributed by atoms with Gasteiger partial charge in [0.1, 0.15) is 22.8 Å². The second-order valence-corrected chi connectivity index (χ2v) is 10.0. The van der Waals surface area contributed by atoms with Gasteiger partial charge in [-0.25, -0.2) is 9.37 Å². The van der Waals surface area contributed by atoms with Gasteiger partial charge in [0.25, 0.3) is 0 Å². The zero-order valence-corrected chi connectivity index (χ0v) is 22.9. The van der Waals surface area contributed by atoms with Gasteiger partial charge in [-0.2, -0.15) is 5.10 Å². The summed E-state index contributed by atoms with van der Waals surface area (Å²) in [5.41, 5.74) is 7.86. The molecule has 9 nitrogen and oxygen atoms in total. The number of carbonyl (C=O) groups excluding carboxylic acids is 1. The number of methoxy groups -OCH3 is 1. The zero-order chi connectivity index (χ0) is 29.3. The predicted molar refractivity (Wildman–Crippen MR) is 163 cm³/mol. The second-order valence-electron chi connectivity index (χ2n) is 10.0. The molecule has 0 unspecified atom stereocenters. The van der Waals surface area contributed by atoms with Crippen LogP contribution in [0.15, 0.2) is 97.6 Å². The van der Waals surface area contributed by atoms with Crippen LogP contribution in [0.2, 0.25) is 0 Å². The Labute approximate surface area is 244 Å². The van der Waals surface area contributed by atoms with Crippen molar-refractivity contribution in [3.8, 4) is 39.5 Å². The Balaban J connectivity index is 1.22. The molecular formula is C33H24FN7O2. The average molecular weight is 570 g/mol. The van der Waals surface area contributed by atoms with Crippen LogP contribution < -0.4 is 10.1 Å². The molecule has 0 aliphatic heterocycles. The molecule has 7 rings (SSSR count). The Morgan fingerprint density at radius 3 is 2.63 bits per heavy atom. The first-order chi connectivity index (χ1) is 21.0. The number of H-pyrrole nitrogens is 2. The van der Waals surface area contributed by atoms with Crippen molar-refractivity contribution in [3.63, 3.8) is 0 Å². The fraction of sp³-hybridized carbons (Fsp3) is 0.0606. The van der Waals surface area contributed by atoms with Crippen molar-refractivity contribution in [2.45, 2.75) is 6.42 Å². The van der Waals surface area contributed by atoms with E-state index in [4.69, 9.17) is 9.72 Å². The number of rotatable bonds is 7. The van der Waals surface area contributed by atoms with Crippen LogP contribution in [0.1, 0.15) is 5.56 Å². The quantitative estimate of drug-likeness (QED) is 0.200. The Kier molecular flexibility index (Phi) is 6.55. The molecule has 0 saturated carbocycles. The maximum atomic E-state index is 14.3. The van der Waals surface area contributed by atoms with Gasteiger partial charge >= 0.3 is 0 Å². The smallest absolute Gasteiger partial charge is 0.228 e. The molecule has 0 aliphatic carbocycles. The Hall–Kier alpha value is -5.90. The second kappa shape index (κ2) is 10.8. The van der Waals surface area contributed by atoms with Crippen molar-refractivity contribution in [3.05, 3.63) is 109 Å². The normalized spacial score (nSPS) is 11.2. The van der Waals surface area contributed by atoms with Gasteiger partial charge in [0, 0.05) is 35.0 Å². The topological polar surface area (TPSA) is 121 Å². The number of benzene rings is 2. The lowest BCUT2D eigenvalue weighted by Crippen LogP contribution is -2.14. The van der Waals surface area contributed by atoms with E-state index in [2.05, 4.69) is 30.5 Å². The van der Waals surface area contributed by atoms with E-state index in [1.54, 1.807) is 30.9 Å². The first-order valence-corrected chi connectivity index (χ1v) is 13.5. The monoisotopic (exact) mass is 569 g/mol. The van der Waals surface area contributed by atoms with E-state index in [0.29, 0.717) is 33.9 Å². The number of aromatic amines is 2. The predicted octanol–water partition coefficient (Wildman–Crippen LogP) is 6.56. The molecule has 0 spiro atoms. The van der Waals surface area contributed by atoms with E-state index in [-0.39, 0.29) is 12.3 Å². The molecule has 0 fully saturated rings. The van der Waals surface area contributed by atoms with Crippen LogP contribution in [0.25, 0.3) is 55.7 Å². The van der Waals surface area contributed by atoms with Gasteiger partial charge < -0.3 is 15.0 Å². The van der Waals surface area contributed by atoms with Gasteiger partial charge in [-0.3, -0.25) is 19.9 Å². The number of hydrogen-bond acceptors (Lipinski definition) is 6. The number of anilines is 1. The van der Waals surface area contributed by atoms with Crippen molar-refractivity contribution < 1.29 is 13.9 Å². The molecule has 210 valence electrons. The summed E-state index contributed by atoms with van der Waals surface area (Å²) in [5.74, 6) is -0.103. The summed E-state index contributed by atoms with van der Waals surface area (Å²) in [6.45, 7) is 0. The zero-order valence-electron chi connectivity index (χ0n) is 22.9. The van der Waals surface area contributed by atoms with Gasteiger partial charge in [0.2, 0.25) is 5.91 Å². The van der Waals surface area contributed by atoms with Gasteiger partial charge in [0.15, 0.2) is 0 Å². The highest BCUT2D eigenvalue weighted by molar-refractivity contribution is 6.00. The molecule has 7 aromatic rings. The van der Waals surface area contributed by atoms with Crippen LogP contribution in [-0.2, 0) is 11.2 Å². The molecule has 0 radical (unpaired) electrons. The molecular weight excluding hydrogens is 545 g/mol. The van der Waals surface area contributed by atoms with Gasteiger partial charge in [-0.1, -0.05) is 30.3 Å². The Morgan fingerprint density at radius 1 is 0.907 bits per heavy atom. The molecule has 0 saturated heterocycles. The summed E-state index contributed by atoms with van der Waals surface area (Å²) >= 11 is 0. The summed E-state index contributed by atoms with van der Waals surface area (Å²) < 4.78 is 19.6. The largest absolute Gasteiger partial charge is 0.497 e. The van der Waals surface area contributed by atoms with E-state index in [1.807, 2.05) is 54.6 Å². The number of halogens is 1. The molecule has 10 heteroatoms. The fourth-order valence-electron chi connectivity index (χ4n) is 5.13. The van der Waals surface area contributed by atoms with Crippen molar-refractivity contribution in [2.75, 3.05) is 12.4 Å². The maximum Gasteiger partial charge on any atom is 0.228 e. The standard InChI is InChI=1S/C33H24FN7O2/c1-43-24-12-20(10-22(34)13-24)26-17-36-18-30-25(26)14-29(38-30)33-32-28(40-41-33)8-7-27(39-32)21-11-23(16-35-15-21)37-31(42)9-19-5-3-2-4-6-19/h2-8,10-18,38H,9H2,1H3,(H,37,42)(H,40,41). The number of nitrogens with zero attached hydrogens (tertiary/aromatic N) is 4. The lowest BCUT2D eigenvalue weighted by molar-refractivity contribution is -0.115. The highest BCUT2D eigenvalue weighted by Crippen LogP contribution is 2.35. The number of amides is 1. The Morgan fingerprint density at radius 2 is 1.77 bits per heavy atom. The lowest BCUT2D eigenvalue weighted by atomic mass is 10.0. The van der Waals surface area contributed by atoms with Crippen LogP contribution in [0, 0.1) is 5.82 Å². The summed E-state index contributed by atoms with van der Waals surface area (Å²) in [6, 6.07) is 21.7. The average Bonchev–Trinajstić information content (AvgIpc) is 3.65. The summed E-state index contributed by atoms with van der Waals surface area (Å²) in [5, 5.41) is 11.4. The molecule has 2 aromatic carbocycles. The third kappa shape index (κ3) is 5.17. The maximum absolute atomic E-state index is 14.3. The minimum Gasteiger partial charge on any atom is -0.497 e. The van der Waals surface area contributed by atoms with E-state index in [9.17, 15) is 9.18 Å².